The molecular formula is C21H23N5O3S. The van der Waals surface area contributed by atoms with Gasteiger partial charge >= 0.3 is 6.01 Å². The van der Waals surface area contributed by atoms with Crippen molar-refractivity contribution < 1.29 is 13.9 Å². The zero-order valence-corrected chi connectivity index (χ0v) is 17.9. The number of nitrogens with zero attached hydrogens (tertiary/aromatic N) is 4. The summed E-state index contributed by atoms with van der Waals surface area (Å²) in [6, 6.07) is 13.7. The van der Waals surface area contributed by atoms with Gasteiger partial charge in [0, 0.05) is 12.1 Å². The predicted octanol–water partition coefficient (Wildman–Crippen LogP) is 4.43. The van der Waals surface area contributed by atoms with Crippen LogP contribution in [0.15, 0.2) is 46.9 Å². The molecule has 0 fully saturated rings. The maximum absolute atomic E-state index is 5.76. The molecule has 4 rings (SSSR count). The summed E-state index contributed by atoms with van der Waals surface area (Å²) in [5.74, 6) is 1.96. The van der Waals surface area contributed by atoms with E-state index >= 15 is 0 Å². The fourth-order valence-electron chi connectivity index (χ4n) is 2.79. The number of ether oxygens (including phenoxy) is 2. The van der Waals surface area contributed by atoms with Gasteiger partial charge in [0.2, 0.25) is 5.89 Å². The van der Waals surface area contributed by atoms with E-state index in [9.17, 15) is 0 Å². The number of anilines is 2. The van der Waals surface area contributed by atoms with Crippen LogP contribution in [0, 0.1) is 0 Å². The topological polar surface area (TPSA) is 85.5 Å². The van der Waals surface area contributed by atoms with Gasteiger partial charge in [0.25, 0.3) is 0 Å². The molecule has 0 unspecified atom stereocenters. The number of hydrogen-bond donors (Lipinski definition) is 1. The smallest absolute Gasteiger partial charge is 0.322 e. The minimum absolute atomic E-state index is 0.283. The largest absolute Gasteiger partial charge is 0.494 e. The summed E-state index contributed by atoms with van der Waals surface area (Å²) in [6.45, 7) is 4.65. The molecule has 30 heavy (non-hydrogen) atoms. The number of nitrogens with one attached hydrogen (secondary N) is 1. The van der Waals surface area contributed by atoms with E-state index < -0.39 is 0 Å². The molecule has 0 bridgehead atoms. The van der Waals surface area contributed by atoms with Crippen molar-refractivity contribution in [2.45, 2.75) is 6.92 Å². The Morgan fingerprint density at radius 3 is 2.73 bits per heavy atom. The van der Waals surface area contributed by atoms with Gasteiger partial charge in [-0.15, -0.1) is 5.10 Å². The fraction of sp³-hybridized carbons (Fsp3) is 0.286. The molecule has 156 valence electrons. The van der Waals surface area contributed by atoms with Crippen LogP contribution in [-0.2, 0) is 0 Å². The lowest BCUT2D eigenvalue weighted by Gasteiger charge is -2.14. The summed E-state index contributed by atoms with van der Waals surface area (Å²) >= 11 is 1.49. The van der Waals surface area contributed by atoms with Crippen LogP contribution in [0.2, 0.25) is 0 Å². The van der Waals surface area contributed by atoms with Crippen LogP contribution in [0.4, 0.5) is 11.1 Å². The first-order valence-electron chi connectivity index (χ1n) is 9.62. The minimum atomic E-state index is 0.283. The highest BCUT2D eigenvalue weighted by Gasteiger charge is 2.13. The maximum Gasteiger partial charge on any atom is 0.322 e. The van der Waals surface area contributed by atoms with E-state index in [4.69, 9.17) is 13.9 Å². The molecular weight excluding hydrogens is 402 g/mol. The Hall–Kier alpha value is -3.17. The molecule has 0 aliphatic heterocycles. The highest BCUT2D eigenvalue weighted by molar-refractivity contribution is 7.22. The van der Waals surface area contributed by atoms with Gasteiger partial charge in [-0.25, -0.2) is 4.98 Å². The van der Waals surface area contributed by atoms with Crippen LogP contribution in [0.3, 0.4) is 0 Å². The Bertz CT molecular complexity index is 1110. The number of methoxy groups -OCH3 is 1. The highest BCUT2D eigenvalue weighted by Crippen LogP contribution is 2.33. The Morgan fingerprint density at radius 2 is 1.97 bits per heavy atom. The van der Waals surface area contributed by atoms with Crippen molar-refractivity contribution >= 4 is 32.7 Å². The van der Waals surface area contributed by atoms with Gasteiger partial charge in [0.1, 0.15) is 23.6 Å². The number of rotatable bonds is 9. The lowest BCUT2D eigenvalue weighted by Crippen LogP contribution is -2.23. The van der Waals surface area contributed by atoms with Gasteiger partial charge in [-0.05, 0) is 50.0 Å². The van der Waals surface area contributed by atoms with E-state index in [-0.39, 0.29) is 6.01 Å². The van der Waals surface area contributed by atoms with E-state index in [0.717, 1.165) is 40.4 Å². The van der Waals surface area contributed by atoms with Gasteiger partial charge in [-0.3, -0.25) is 5.32 Å². The van der Waals surface area contributed by atoms with Crippen molar-refractivity contribution in [3.05, 3.63) is 42.5 Å². The Labute approximate surface area is 178 Å². The second kappa shape index (κ2) is 9.10. The molecule has 0 radical (unpaired) electrons. The predicted molar refractivity (Wildman–Crippen MR) is 118 cm³/mol. The monoisotopic (exact) mass is 425 g/mol. The van der Waals surface area contributed by atoms with E-state index in [1.165, 1.54) is 11.3 Å². The number of benzene rings is 2. The summed E-state index contributed by atoms with van der Waals surface area (Å²) in [4.78, 5) is 6.75. The number of fused-ring (bicyclic) bond motifs is 1. The second-order valence-electron chi connectivity index (χ2n) is 6.63. The molecule has 0 saturated heterocycles. The SMILES string of the molecule is CCN(C)CCOc1ccc(-c2nnc(Nc3nc4c(OC)cccc4s3)o2)cc1. The highest BCUT2D eigenvalue weighted by atomic mass is 32.1. The van der Waals surface area contributed by atoms with Crippen molar-refractivity contribution in [2.75, 3.05) is 39.2 Å². The van der Waals surface area contributed by atoms with Crippen molar-refractivity contribution in [1.82, 2.24) is 20.1 Å². The molecule has 9 heteroatoms. The molecule has 0 atom stereocenters. The average Bonchev–Trinajstić information content (AvgIpc) is 3.40. The summed E-state index contributed by atoms with van der Waals surface area (Å²) < 4.78 is 17.9. The van der Waals surface area contributed by atoms with Gasteiger partial charge in [-0.1, -0.05) is 29.4 Å². The summed E-state index contributed by atoms with van der Waals surface area (Å²) in [6.07, 6.45) is 0. The van der Waals surface area contributed by atoms with E-state index in [0.29, 0.717) is 17.6 Å². The first-order chi connectivity index (χ1) is 14.7. The average molecular weight is 426 g/mol. The third kappa shape index (κ3) is 4.52. The third-order valence-electron chi connectivity index (χ3n) is 4.62. The number of hydrogen-bond acceptors (Lipinski definition) is 9. The number of likely N-dealkylation sites (N-methyl/N-ethyl adjacent to an activating group) is 1. The lowest BCUT2D eigenvalue weighted by atomic mass is 10.2. The van der Waals surface area contributed by atoms with Crippen molar-refractivity contribution in [3.63, 3.8) is 0 Å². The van der Waals surface area contributed by atoms with Gasteiger partial charge in [0.15, 0.2) is 5.13 Å². The zero-order chi connectivity index (χ0) is 20.9. The molecule has 4 aromatic rings. The fourth-order valence-corrected chi connectivity index (χ4v) is 3.67. The van der Waals surface area contributed by atoms with E-state index in [1.807, 2.05) is 42.5 Å². The van der Waals surface area contributed by atoms with Gasteiger partial charge in [0.05, 0.1) is 11.8 Å². The number of aromatic nitrogens is 3. The molecule has 1 N–H and O–H groups in total. The van der Waals surface area contributed by atoms with Crippen LogP contribution in [0.5, 0.6) is 11.5 Å². The summed E-state index contributed by atoms with van der Waals surface area (Å²) in [7, 11) is 3.70. The molecule has 0 aliphatic rings. The van der Waals surface area contributed by atoms with Crippen molar-refractivity contribution in [2.24, 2.45) is 0 Å². The van der Waals surface area contributed by atoms with Crippen LogP contribution in [0.1, 0.15) is 6.92 Å². The molecule has 0 saturated carbocycles. The van der Waals surface area contributed by atoms with Crippen LogP contribution >= 0.6 is 11.3 Å². The standard InChI is InChI=1S/C21H23N5O3S/c1-4-26(2)12-13-28-15-10-8-14(9-11-15)19-24-25-20(29-19)23-21-22-18-16(27-3)6-5-7-17(18)30-21/h5-11H,4,12-13H2,1-3H3,(H,22,23,25). The van der Waals surface area contributed by atoms with Crippen molar-refractivity contribution in [1.29, 1.82) is 0 Å². The molecule has 8 nitrogen and oxygen atoms in total. The van der Waals surface area contributed by atoms with E-state index in [1.54, 1.807) is 7.11 Å². The molecule has 0 amide bonds. The molecule has 0 spiro atoms. The van der Waals surface area contributed by atoms with Crippen LogP contribution < -0.4 is 14.8 Å². The van der Waals surface area contributed by atoms with Crippen LogP contribution in [0.25, 0.3) is 21.7 Å². The second-order valence-corrected chi connectivity index (χ2v) is 7.66. The Balaban J connectivity index is 1.41. The summed E-state index contributed by atoms with van der Waals surface area (Å²) in [5.41, 5.74) is 1.62. The Morgan fingerprint density at radius 1 is 1.13 bits per heavy atom. The summed E-state index contributed by atoms with van der Waals surface area (Å²) in [5, 5.41) is 11.9. The zero-order valence-electron chi connectivity index (χ0n) is 17.1. The quantitative estimate of drug-likeness (QED) is 0.422. The number of para-hydroxylation sites is 1. The first-order valence-corrected chi connectivity index (χ1v) is 10.4. The maximum atomic E-state index is 5.76. The lowest BCUT2D eigenvalue weighted by molar-refractivity contribution is 0.244. The van der Waals surface area contributed by atoms with Gasteiger partial charge < -0.3 is 18.8 Å². The normalized spacial score (nSPS) is 11.2. The van der Waals surface area contributed by atoms with Gasteiger partial charge in [-0.2, -0.15) is 0 Å². The first kappa shape index (κ1) is 20.1. The molecule has 2 aromatic heterocycles. The molecule has 0 aliphatic carbocycles. The number of thiazole rings is 1. The van der Waals surface area contributed by atoms with Crippen molar-refractivity contribution in [3.8, 4) is 23.0 Å². The van der Waals surface area contributed by atoms with E-state index in [2.05, 4.69) is 39.4 Å². The molecule has 2 aromatic carbocycles. The Kier molecular flexibility index (Phi) is 6.10. The minimum Gasteiger partial charge on any atom is -0.494 e. The van der Waals surface area contributed by atoms with Crippen LogP contribution in [-0.4, -0.2) is 53.9 Å². The molecule has 2 heterocycles. The third-order valence-corrected chi connectivity index (χ3v) is 5.56.